The van der Waals surface area contributed by atoms with E-state index in [0.29, 0.717) is 31.0 Å². The lowest BCUT2D eigenvalue weighted by Crippen LogP contribution is -2.42. The van der Waals surface area contributed by atoms with Gasteiger partial charge in [0.15, 0.2) is 0 Å². The molecule has 0 aliphatic carbocycles. The first-order chi connectivity index (χ1) is 14.5. The molecular weight excluding hydrogens is 391 g/mol. The van der Waals surface area contributed by atoms with Gasteiger partial charge in [-0.2, -0.15) is 0 Å². The van der Waals surface area contributed by atoms with Crippen LogP contribution in [-0.2, 0) is 17.8 Å². The first-order valence-electron chi connectivity index (χ1n) is 9.78. The lowest BCUT2D eigenvalue weighted by Gasteiger charge is -2.33. The summed E-state index contributed by atoms with van der Waals surface area (Å²) in [4.78, 5) is 44.2. The number of nitrogens with zero attached hydrogens (tertiary/aromatic N) is 3. The van der Waals surface area contributed by atoms with Gasteiger partial charge >= 0.3 is 5.69 Å². The van der Waals surface area contributed by atoms with Crippen molar-refractivity contribution in [3.63, 3.8) is 0 Å². The molecule has 1 aromatic carbocycles. The van der Waals surface area contributed by atoms with Crippen LogP contribution in [0.1, 0.15) is 42.5 Å². The molecule has 1 aliphatic heterocycles. The van der Waals surface area contributed by atoms with Crippen LogP contribution >= 0.6 is 0 Å². The van der Waals surface area contributed by atoms with Crippen molar-refractivity contribution in [1.29, 1.82) is 0 Å². The number of nitrogens with one attached hydrogen (secondary N) is 1. The normalized spacial score (nSPS) is 16.6. The molecule has 2 aromatic heterocycles. The van der Waals surface area contributed by atoms with E-state index < -0.39 is 11.2 Å². The van der Waals surface area contributed by atoms with Crippen molar-refractivity contribution in [3.05, 3.63) is 86.6 Å². The van der Waals surface area contributed by atoms with Crippen LogP contribution in [0.4, 0.5) is 4.39 Å². The molecule has 1 saturated heterocycles. The molecule has 1 N–H and O–H groups in total. The van der Waals surface area contributed by atoms with Crippen LogP contribution in [0, 0.1) is 5.82 Å². The summed E-state index contributed by atoms with van der Waals surface area (Å²) in [5, 5.41) is 0. The van der Waals surface area contributed by atoms with Gasteiger partial charge in [-0.3, -0.25) is 19.1 Å². The largest absolute Gasteiger partial charge is 0.443 e. The minimum Gasteiger partial charge on any atom is -0.443 e. The van der Waals surface area contributed by atoms with Gasteiger partial charge in [0.25, 0.3) is 5.56 Å². The summed E-state index contributed by atoms with van der Waals surface area (Å²) in [6.45, 7) is 0.368. The van der Waals surface area contributed by atoms with Crippen molar-refractivity contribution >= 4 is 5.91 Å². The zero-order valence-electron chi connectivity index (χ0n) is 16.2. The molecule has 8 nitrogen and oxygen atoms in total. The van der Waals surface area contributed by atoms with Crippen LogP contribution in [0.3, 0.4) is 0 Å². The molecule has 0 saturated carbocycles. The third-order valence-corrected chi connectivity index (χ3v) is 5.17. The topological polar surface area (TPSA) is 101 Å². The van der Waals surface area contributed by atoms with Gasteiger partial charge in [-0.1, -0.05) is 12.1 Å². The van der Waals surface area contributed by atoms with Gasteiger partial charge < -0.3 is 9.32 Å². The van der Waals surface area contributed by atoms with Crippen LogP contribution < -0.4 is 11.2 Å². The lowest BCUT2D eigenvalue weighted by atomic mass is 10.0. The van der Waals surface area contributed by atoms with Crippen LogP contribution in [0.5, 0.6) is 0 Å². The highest BCUT2D eigenvalue weighted by atomic mass is 19.1. The quantitative estimate of drug-likeness (QED) is 0.691. The second kappa shape index (κ2) is 8.48. The SMILES string of the molecule is O=C(Cn1ccc(=O)[nH]c1=O)N1CCCC[C@@H]1c1ncc(Cc2ccc(F)cc2)o1. The number of oxazole rings is 1. The molecule has 0 radical (unpaired) electrons. The molecular formula is C21H21FN4O4. The average molecular weight is 412 g/mol. The van der Waals surface area contributed by atoms with Gasteiger partial charge in [0.2, 0.25) is 11.8 Å². The maximum absolute atomic E-state index is 13.1. The molecule has 3 aromatic rings. The van der Waals surface area contributed by atoms with Gasteiger partial charge in [-0.15, -0.1) is 0 Å². The summed E-state index contributed by atoms with van der Waals surface area (Å²) in [6, 6.07) is 7.07. The number of rotatable bonds is 5. The smallest absolute Gasteiger partial charge is 0.328 e. The van der Waals surface area contributed by atoms with Gasteiger partial charge in [0.1, 0.15) is 24.2 Å². The first-order valence-corrected chi connectivity index (χ1v) is 9.78. The number of H-pyrrole nitrogens is 1. The van der Waals surface area contributed by atoms with Gasteiger partial charge in [0.05, 0.1) is 6.20 Å². The van der Waals surface area contributed by atoms with Crippen molar-refractivity contribution in [3.8, 4) is 0 Å². The summed E-state index contributed by atoms with van der Waals surface area (Å²) >= 11 is 0. The number of amides is 1. The number of aromatic amines is 1. The molecule has 156 valence electrons. The molecule has 1 aliphatic rings. The zero-order valence-corrected chi connectivity index (χ0v) is 16.2. The standard InChI is InChI=1S/C21H21FN4O4/c22-15-6-4-14(5-7-15)11-16-12-23-20(30-16)17-3-1-2-9-26(17)19(28)13-25-10-8-18(27)24-21(25)29/h4-8,10,12,17H,1-3,9,11,13H2,(H,24,27,29)/t17-/m1/s1. The van der Waals surface area contributed by atoms with Crippen molar-refractivity contribution in [2.75, 3.05) is 6.54 Å². The molecule has 9 heteroatoms. The highest BCUT2D eigenvalue weighted by Crippen LogP contribution is 2.31. The van der Waals surface area contributed by atoms with Crippen LogP contribution in [0.15, 0.2) is 56.7 Å². The molecule has 30 heavy (non-hydrogen) atoms. The minimum atomic E-state index is -0.623. The molecule has 0 spiro atoms. The summed E-state index contributed by atoms with van der Waals surface area (Å²) < 4.78 is 20.2. The fourth-order valence-corrected chi connectivity index (χ4v) is 3.65. The van der Waals surface area contributed by atoms with Crippen LogP contribution in [-0.4, -0.2) is 31.9 Å². The molecule has 3 heterocycles. The van der Waals surface area contributed by atoms with Gasteiger partial charge in [-0.05, 0) is 37.0 Å². The zero-order chi connectivity index (χ0) is 21.1. The van der Waals surface area contributed by atoms with Crippen molar-refractivity contribution in [2.45, 2.75) is 38.3 Å². The number of halogens is 1. The second-order valence-corrected chi connectivity index (χ2v) is 7.30. The summed E-state index contributed by atoms with van der Waals surface area (Å²) in [6.07, 6.45) is 5.91. The first kappa shape index (κ1) is 19.8. The molecule has 4 rings (SSSR count). The lowest BCUT2D eigenvalue weighted by molar-refractivity contribution is -0.136. The van der Waals surface area contributed by atoms with Gasteiger partial charge in [-0.25, -0.2) is 14.2 Å². The van der Waals surface area contributed by atoms with E-state index in [1.807, 2.05) is 0 Å². The van der Waals surface area contributed by atoms with E-state index in [9.17, 15) is 18.8 Å². The molecule has 0 unspecified atom stereocenters. The maximum Gasteiger partial charge on any atom is 0.328 e. The third-order valence-electron chi connectivity index (χ3n) is 5.17. The Kier molecular flexibility index (Phi) is 5.60. The predicted octanol–water partition coefficient (Wildman–Crippen LogP) is 2.01. The molecule has 0 bridgehead atoms. The Morgan fingerprint density at radius 2 is 2.00 bits per heavy atom. The van der Waals surface area contributed by atoms with E-state index >= 15 is 0 Å². The van der Waals surface area contributed by atoms with E-state index in [0.717, 1.165) is 18.4 Å². The van der Waals surface area contributed by atoms with Crippen LogP contribution in [0.25, 0.3) is 0 Å². The summed E-state index contributed by atoms with van der Waals surface area (Å²) in [5.41, 5.74) is -0.233. The third kappa shape index (κ3) is 4.40. The van der Waals surface area contributed by atoms with E-state index in [1.54, 1.807) is 23.2 Å². The Morgan fingerprint density at radius 3 is 2.77 bits per heavy atom. The minimum absolute atomic E-state index is 0.171. The van der Waals surface area contributed by atoms with Gasteiger partial charge in [0, 0.05) is 25.2 Å². The number of benzene rings is 1. The number of carbonyl (C=O) groups excluding carboxylic acids is 1. The van der Waals surface area contributed by atoms with Crippen molar-refractivity contribution in [1.82, 2.24) is 19.4 Å². The Balaban J connectivity index is 1.50. The Bertz CT molecular complexity index is 1150. The molecule has 1 amide bonds. The maximum atomic E-state index is 13.1. The van der Waals surface area contributed by atoms with Crippen molar-refractivity contribution in [2.24, 2.45) is 0 Å². The van der Waals surface area contributed by atoms with E-state index in [-0.39, 0.29) is 24.3 Å². The number of aromatic nitrogens is 3. The fourth-order valence-electron chi connectivity index (χ4n) is 3.65. The van der Waals surface area contributed by atoms with Crippen LogP contribution in [0.2, 0.25) is 0 Å². The highest BCUT2D eigenvalue weighted by Gasteiger charge is 2.31. The summed E-state index contributed by atoms with van der Waals surface area (Å²) in [5.74, 6) is 0.544. The number of hydrogen-bond acceptors (Lipinski definition) is 5. The predicted molar refractivity (Wildman–Crippen MR) is 105 cm³/mol. The molecule has 1 atom stereocenters. The fraction of sp³-hybridized carbons (Fsp3) is 0.333. The monoisotopic (exact) mass is 412 g/mol. The Hall–Kier alpha value is -3.49. The Labute approximate surface area is 171 Å². The van der Waals surface area contributed by atoms with Crippen molar-refractivity contribution < 1.29 is 13.6 Å². The van der Waals surface area contributed by atoms with E-state index in [1.165, 1.54) is 29.0 Å². The number of carbonyl (C=O) groups is 1. The number of likely N-dealkylation sites (tertiary alicyclic amines) is 1. The van der Waals surface area contributed by atoms with E-state index in [4.69, 9.17) is 4.42 Å². The number of piperidine rings is 1. The second-order valence-electron chi connectivity index (χ2n) is 7.30. The highest BCUT2D eigenvalue weighted by molar-refractivity contribution is 5.76. The Morgan fingerprint density at radius 1 is 1.20 bits per heavy atom. The summed E-state index contributed by atoms with van der Waals surface area (Å²) in [7, 11) is 0. The number of hydrogen-bond donors (Lipinski definition) is 1. The molecule has 1 fully saturated rings. The average Bonchev–Trinajstić information content (AvgIpc) is 3.20. The van der Waals surface area contributed by atoms with E-state index in [2.05, 4.69) is 9.97 Å².